The Bertz CT molecular complexity index is 1020. The summed E-state index contributed by atoms with van der Waals surface area (Å²) < 4.78 is 33.9. The van der Waals surface area contributed by atoms with Crippen molar-refractivity contribution >= 4 is 27.7 Å². The number of sulfonamides is 1. The summed E-state index contributed by atoms with van der Waals surface area (Å²) in [4.78, 5) is 18.9. The summed E-state index contributed by atoms with van der Waals surface area (Å²) in [6, 6.07) is 15.3. The molecule has 0 saturated heterocycles. The minimum absolute atomic E-state index is 0.0128. The van der Waals surface area contributed by atoms with E-state index >= 15 is 0 Å². The number of hydrogen-bond donors (Lipinski definition) is 1. The normalized spacial score (nSPS) is 13.1. The van der Waals surface area contributed by atoms with Crippen LogP contribution in [0.15, 0.2) is 59.5 Å². The SMILES string of the molecule is COc1ccc(S(=O)(=O)N(CC(C)C)[C@H](CCSCc2ccccc2)C(=O)NOC(C)(C)C)cc1. The number of rotatable bonds is 13. The van der Waals surface area contributed by atoms with E-state index in [0.29, 0.717) is 17.9 Å². The maximum atomic E-state index is 13.7. The average Bonchev–Trinajstić information content (AvgIpc) is 2.81. The number of amides is 1. The molecule has 7 nitrogen and oxygen atoms in total. The topological polar surface area (TPSA) is 84.9 Å². The van der Waals surface area contributed by atoms with Crippen molar-refractivity contribution in [1.29, 1.82) is 0 Å². The van der Waals surface area contributed by atoms with E-state index in [1.807, 2.05) is 65.0 Å². The van der Waals surface area contributed by atoms with Crippen molar-refractivity contribution in [3.05, 3.63) is 60.2 Å². The molecule has 0 aliphatic heterocycles. The summed E-state index contributed by atoms with van der Waals surface area (Å²) in [6.45, 7) is 9.52. The molecule has 0 radical (unpaired) electrons. The highest BCUT2D eigenvalue weighted by atomic mass is 32.2. The van der Waals surface area contributed by atoms with Gasteiger partial charge in [-0.15, -0.1) is 0 Å². The van der Waals surface area contributed by atoms with E-state index < -0.39 is 27.6 Å². The van der Waals surface area contributed by atoms with Gasteiger partial charge >= 0.3 is 0 Å². The number of nitrogens with one attached hydrogen (secondary N) is 1. The lowest BCUT2D eigenvalue weighted by molar-refractivity contribution is -0.149. The van der Waals surface area contributed by atoms with E-state index in [1.54, 1.807) is 23.9 Å². The predicted octanol–water partition coefficient (Wildman–Crippen LogP) is 4.88. The van der Waals surface area contributed by atoms with Gasteiger partial charge in [-0.2, -0.15) is 16.1 Å². The van der Waals surface area contributed by atoms with E-state index in [1.165, 1.54) is 29.1 Å². The number of carbonyl (C=O) groups excluding carboxylic acids is 1. The standard InChI is InChI=1S/C26H38N2O5S2/c1-20(2)18-28(35(30,31)23-14-12-22(32-6)13-15-23)24(25(29)27-33-26(3,4)5)16-17-34-19-21-10-8-7-9-11-21/h7-15,20,24H,16-19H2,1-6H3,(H,27,29)/t24-/m1/s1. The molecule has 2 aromatic carbocycles. The largest absolute Gasteiger partial charge is 0.497 e. The van der Waals surface area contributed by atoms with Gasteiger partial charge in [-0.05, 0) is 68.7 Å². The van der Waals surface area contributed by atoms with Crippen LogP contribution in [0.5, 0.6) is 5.75 Å². The summed E-state index contributed by atoms with van der Waals surface area (Å²) in [5.41, 5.74) is 3.07. The van der Waals surface area contributed by atoms with Crippen LogP contribution < -0.4 is 10.2 Å². The summed E-state index contributed by atoms with van der Waals surface area (Å²) in [6.07, 6.45) is 0.346. The zero-order valence-electron chi connectivity index (χ0n) is 21.5. The van der Waals surface area contributed by atoms with E-state index in [9.17, 15) is 13.2 Å². The number of thioether (sulfide) groups is 1. The molecule has 0 heterocycles. The molecule has 0 aliphatic carbocycles. The fraction of sp³-hybridized carbons (Fsp3) is 0.500. The summed E-state index contributed by atoms with van der Waals surface area (Å²) in [5.74, 6) is 1.49. The summed E-state index contributed by atoms with van der Waals surface area (Å²) >= 11 is 1.66. The van der Waals surface area contributed by atoms with Crippen molar-refractivity contribution in [2.24, 2.45) is 5.92 Å². The molecule has 1 N–H and O–H groups in total. The van der Waals surface area contributed by atoms with Crippen molar-refractivity contribution in [2.45, 2.75) is 63.3 Å². The molecular formula is C26H38N2O5S2. The zero-order valence-corrected chi connectivity index (χ0v) is 23.1. The van der Waals surface area contributed by atoms with Crippen LogP contribution in [0.2, 0.25) is 0 Å². The molecule has 0 saturated carbocycles. The van der Waals surface area contributed by atoms with Crippen LogP contribution in [-0.2, 0) is 25.4 Å². The van der Waals surface area contributed by atoms with Crippen LogP contribution in [0.25, 0.3) is 0 Å². The Kier molecular flexibility index (Phi) is 11.1. The lowest BCUT2D eigenvalue weighted by Gasteiger charge is -2.32. The molecule has 0 bridgehead atoms. The third-order valence-electron chi connectivity index (χ3n) is 4.97. The van der Waals surface area contributed by atoms with Crippen molar-refractivity contribution < 1.29 is 22.8 Å². The second-order valence-electron chi connectivity index (χ2n) is 9.67. The molecule has 0 unspecified atom stereocenters. The first-order valence-electron chi connectivity index (χ1n) is 11.7. The lowest BCUT2D eigenvalue weighted by Crippen LogP contribution is -2.52. The van der Waals surface area contributed by atoms with E-state index in [2.05, 4.69) is 5.48 Å². The van der Waals surface area contributed by atoms with Crippen LogP contribution >= 0.6 is 11.8 Å². The van der Waals surface area contributed by atoms with Gasteiger partial charge in [-0.3, -0.25) is 9.63 Å². The first-order chi connectivity index (χ1) is 16.4. The Morgan fingerprint density at radius 3 is 2.23 bits per heavy atom. The molecule has 194 valence electrons. The van der Waals surface area contributed by atoms with E-state index in [4.69, 9.17) is 9.57 Å². The van der Waals surface area contributed by atoms with Crippen LogP contribution in [0.4, 0.5) is 0 Å². The van der Waals surface area contributed by atoms with Gasteiger partial charge in [0.2, 0.25) is 10.0 Å². The Hall–Kier alpha value is -2.07. The predicted molar refractivity (Wildman–Crippen MR) is 142 cm³/mol. The minimum Gasteiger partial charge on any atom is -0.497 e. The highest BCUT2D eigenvalue weighted by Crippen LogP contribution is 2.25. The molecule has 0 fully saturated rings. The monoisotopic (exact) mass is 522 g/mol. The Morgan fingerprint density at radius 2 is 1.69 bits per heavy atom. The van der Waals surface area contributed by atoms with Gasteiger partial charge in [0.1, 0.15) is 11.8 Å². The molecule has 9 heteroatoms. The van der Waals surface area contributed by atoms with Gasteiger partial charge in [0.25, 0.3) is 5.91 Å². The first kappa shape index (κ1) is 29.2. The molecule has 0 spiro atoms. The maximum Gasteiger partial charge on any atom is 0.262 e. The molecule has 2 rings (SSSR count). The molecule has 1 amide bonds. The number of nitrogens with zero attached hydrogens (tertiary/aromatic N) is 1. The van der Waals surface area contributed by atoms with Crippen LogP contribution in [-0.4, -0.2) is 49.7 Å². The quantitative estimate of drug-likeness (QED) is 0.298. The van der Waals surface area contributed by atoms with Crippen LogP contribution in [0, 0.1) is 5.92 Å². The number of carbonyl (C=O) groups is 1. The molecule has 0 aromatic heterocycles. The molecule has 35 heavy (non-hydrogen) atoms. The first-order valence-corrected chi connectivity index (χ1v) is 14.3. The smallest absolute Gasteiger partial charge is 0.262 e. The highest BCUT2D eigenvalue weighted by molar-refractivity contribution is 7.98. The third-order valence-corrected chi connectivity index (χ3v) is 7.92. The van der Waals surface area contributed by atoms with Gasteiger partial charge < -0.3 is 4.74 Å². The number of hydrogen-bond acceptors (Lipinski definition) is 6. The second kappa shape index (κ2) is 13.3. The van der Waals surface area contributed by atoms with Gasteiger partial charge in [-0.1, -0.05) is 44.2 Å². The van der Waals surface area contributed by atoms with E-state index in [-0.39, 0.29) is 17.4 Å². The third kappa shape index (κ3) is 9.48. The Labute approximate surface area is 214 Å². The fourth-order valence-corrected chi connectivity index (χ4v) is 6.02. The highest BCUT2D eigenvalue weighted by Gasteiger charge is 2.36. The van der Waals surface area contributed by atoms with Gasteiger partial charge in [-0.25, -0.2) is 13.9 Å². The zero-order chi connectivity index (χ0) is 26.1. The number of hydroxylamine groups is 1. The molecule has 1 atom stereocenters. The Balaban J connectivity index is 2.30. The van der Waals surface area contributed by atoms with Crippen molar-refractivity contribution in [1.82, 2.24) is 9.79 Å². The van der Waals surface area contributed by atoms with Crippen LogP contribution in [0.1, 0.15) is 46.6 Å². The molecule has 2 aromatic rings. The molecule has 0 aliphatic rings. The average molecular weight is 523 g/mol. The lowest BCUT2D eigenvalue weighted by atomic mass is 10.1. The summed E-state index contributed by atoms with van der Waals surface area (Å²) in [7, 11) is -2.43. The van der Waals surface area contributed by atoms with Gasteiger partial charge in [0, 0.05) is 12.3 Å². The van der Waals surface area contributed by atoms with Gasteiger partial charge in [0.05, 0.1) is 17.6 Å². The van der Waals surface area contributed by atoms with Crippen molar-refractivity contribution in [2.75, 3.05) is 19.4 Å². The van der Waals surface area contributed by atoms with Crippen molar-refractivity contribution in [3.8, 4) is 5.75 Å². The van der Waals surface area contributed by atoms with Crippen LogP contribution in [0.3, 0.4) is 0 Å². The second-order valence-corrected chi connectivity index (χ2v) is 12.7. The maximum absolute atomic E-state index is 13.7. The van der Waals surface area contributed by atoms with Gasteiger partial charge in [0.15, 0.2) is 0 Å². The fourth-order valence-electron chi connectivity index (χ4n) is 3.27. The number of benzene rings is 2. The van der Waals surface area contributed by atoms with E-state index in [0.717, 1.165) is 5.75 Å². The Morgan fingerprint density at radius 1 is 1.06 bits per heavy atom. The number of methoxy groups -OCH3 is 1. The molecular weight excluding hydrogens is 484 g/mol. The number of ether oxygens (including phenoxy) is 1. The van der Waals surface area contributed by atoms with Crippen molar-refractivity contribution in [3.63, 3.8) is 0 Å². The summed E-state index contributed by atoms with van der Waals surface area (Å²) in [5, 5.41) is 0. The minimum atomic E-state index is -3.96.